The molecule has 1 N–H and O–H groups in total. The molecule has 4 rings (SSSR count). The minimum absolute atomic E-state index is 0.0839. The summed E-state index contributed by atoms with van der Waals surface area (Å²) in [7, 11) is 1.84. The van der Waals surface area contributed by atoms with Crippen LogP contribution < -0.4 is 5.32 Å². The second-order valence-electron chi connectivity index (χ2n) is 6.37. The molecular formula is C18H20N6O. The van der Waals surface area contributed by atoms with Gasteiger partial charge < -0.3 is 10.2 Å². The highest BCUT2D eigenvalue weighted by molar-refractivity contribution is 5.94. The Labute approximate surface area is 145 Å². The zero-order valence-corrected chi connectivity index (χ0v) is 14.3. The van der Waals surface area contributed by atoms with Crippen molar-refractivity contribution in [2.24, 2.45) is 0 Å². The van der Waals surface area contributed by atoms with E-state index in [2.05, 4.69) is 20.6 Å². The van der Waals surface area contributed by atoms with Crippen molar-refractivity contribution in [1.82, 2.24) is 30.2 Å². The summed E-state index contributed by atoms with van der Waals surface area (Å²) >= 11 is 0. The van der Waals surface area contributed by atoms with Gasteiger partial charge in [0.25, 0.3) is 5.91 Å². The molecule has 25 heavy (non-hydrogen) atoms. The predicted molar refractivity (Wildman–Crippen MR) is 94.8 cm³/mol. The van der Waals surface area contributed by atoms with Crippen LogP contribution in [0.3, 0.4) is 0 Å². The maximum absolute atomic E-state index is 12.8. The van der Waals surface area contributed by atoms with Crippen LogP contribution >= 0.6 is 0 Å². The summed E-state index contributed by atoms with van der Waals surface area (Å²) in [6.07, 6.45) is 4.54. The van der Waals surface area contributed by atoms with Gasteiger partial charge in [-0.1, -0.05) is 17.3 Å². The number of nitrogens with one attached hydrogen (secondary N) is 1. The zero-order valence-electron chi connectivity index (χ0n) is 14.3. The van der Waals surface area contributed by atoms with Crippen molar-refractivity contribution < 1.29 is 4.79 Å². The first-order chi connectivity index (χ1) is 12.2. The number of aromatic nitrogens is 4. The van der Waals surface area contributed by atoms with Gasteiger partial charge in [-0.3, -0.25) is 9.78 Å². The second kappa shape index (κ2) is 6.25. The van der Waals surface area contributed by atoms with Gasteiger partial charge in [0.15, 0.2) is 5.69 Å². The average molecular weight is 336 g/mol. The molecule has 0 unspecified atom stereocenters. The van der Waals surface area contributed by atoms with Crippen LogP contribution in [0.15, 0.2) is 36.7 Å². The number of fused-ring (bicyclic) bond motifs is 1. The topological polar surface area (TPSA) is 75.9 Å². The fourth-order valence-electron chi connectivity index (χ4n) is 3.35. The fourth-order valence-corrected chi connectivity index (χ4v) is 3.35. The largest absolute Gasteiger partial charge is 0.336 e. The number of carbonyl (C=O) groups excluding carboxylic acids is 1. The van der Waals surface area contributed by atoms with Gasteiger partial charge in [-0.25, -0.2) is 4.68 Å². The van der Waals surface area contributed by atoms with E-state index in [-0.39, 0.29) is 11.9 Å². The number of carbonyl (C=O) groups is 1. The first-order valence-electron chi connectivity index (χ1n) is 8.40. The molecule has 1 amide bonds. The van der Waals surface area contributed by atoms with Crippen molar-refractivity contribution in [3.63, 3.8) is 0 Å². The number of amides is 1. The van der Waals surface area contributed by atoms with E-state index >= 15 is 0 Å². The highest BCUT2D eigenvalue weighted by Crippen LogP contribution is 2.23. The SMILES string of the molecule is Cc1c(C(=O)N(C)[C@@H]2CCNC2)nnn1-c1cccc2cnccc12. The maximum atomic E-state index is 12.8. The molecule has 2 aromatic heterocycles. The number of hydrogen-bond donors (Lipinski definition) is 1. The Morgan fingerprint density at radius 1 is 1.36 bits per heavy atom. The highest BCUT2D eigenvalue weighted by Gasteiger charge is 2.27. The number of pyridine rings is 1. The van der Waals surface area contributed by atoms with Crippen molar-refractivity contribution in [3.05, 3.63) is 48.0 Å². The van der Waals surface area contributed by atoms with Crippen molar-refractivity contribution in [2.75, 3.05) is 20.1 Å². The smallest absolute Gasteiger partial charge is 0.276 e. The highest BCUT2D eigenvalue weighted by atomic mass is 16.2. The molecule has 7 heteroatoms. The van der Waals surface area contributed by atoms with E-state index in [4.69, 9.17) is 0 Å². The number of likely N-dealkylation sites (N-methyl/N-ethyl adjacent to an activating group) is 1. The monoisotopic (exact) mass is 336 g/mol. The number of rotatable bonds is 3. The van der Waals surface area contributed by atoms with Crippen LogP contribution in [0.4, 0.5) is 0 Å². The fraction of sp³-hybridized carbons (Fsp3) is 0.333. The van der Waals surface area contributed by atoms with E-state index in [0.29, 0.717) is 5.69 Å². The molecule has 1 atom stereocenters. The minimum Gasteiger partial charge on any atom is -0.336 e. The standard InChI is InChI=1S/C18H20N6O/c1-12-17(18(25)23(2)14-6-8-20-11-14)21-22-24(12)16-5-3-4-13-10-19-9-7-15(13)16/h3-5,7,9-10,14,20H,6,8,11H2,1-2H3/t14-/m1/s1. The lowest BCUT2D eigenvalue weighted by molar-refractivity contribution is 0.0737. The van der Waals surface area contributed by atoms with Crippen LogP contribution in [-0.2, 0) is 0 Å². The van der Waals surface area contributed by atoms with Gasteiger partial charge in [0, 0.05) is 42.8 Å². The molecule has 0 bridgehead atoms. The molecule has 0 spiro atoms. The van der Waals surface area contributed by atoms with E-state index in [1.807, 2.05) is 44.4 Å². The summed E-state index contributed by atoms with van der Waals surface area (Å²) in [6.45, 7) is 3.65. The third kappa shape index (κ3) is 2.66. The Balaban J connectivity index is 1.72. The molecule has 1 saturated heterocycles. The molecule has 128 valence electrons. The van der Waals surface area contributed by atoms with Gasteiger partial charge in [-0.2, -0.15) is 0 Å². The Morgan fingerprint density at radius 3 is 3.04 bits per heavy atom. The van der Waals surface area contributed by atoms with Crippen molar-refractivity contribution in [1.29, 1.82) is 0 Å². The zero-order chi connectivity index (χ0) is 17.4. The normalized spacial score (nSPS) is 17.1. The molecular weight excluding hydrogens is 316 g/mol. The van der Waals surface area contributed by atoms with E-state index < -0.39 is 0 Å². The van der Waals surface area contributed by atoms with E-state index in [0.717, 1.165) is 41.7 Å². The summed E-state index contributed by atoms with van der Waals surface area (Å²) in [5, 5.41) is 13.8. The molecule has 0 radical (unpaired) electrons. The molecule has 7 nitrogen and oxygen atoms in total. The lowest BCUT2D eigenvalue weighted by Crippen LogP contribution is -2.38. The molecule has 0 saturated carbocycles. The lowest BCUT2D eigenvalue weighted by Gasteiger charge is -2.22. The lowest BCUT2D eigenvalue weighted by atomic mass is 10.1. The summed E-state index contributed by atoms with van der Waals surface area (Å²) in [6, 6.07) is 8.09. The Kier molecular flexibility index (Phi) is 3.93. The van der Waals surface area contributed by atoms with Crippen LogP contribution in [0.5, 0.6) is 0 Å². The Morgan fingerprint density at radius 2 is 2.24 bits per heavy atom. The van der Waals surface area contributed by atoms with Crippen molar-refractivity contribution in [2.45, 2.75) is 19.4 Å². The number of nitrogens with zero attached hydrogens (tertiary/aromatic N) is 5. The minimum atomic E-state index is -0.0839. The maximum Gasteiger partial charge on any atom is 0.276 e. The van der Waals surface area contributed by atoms with E-state index in [9.17, 15) is 4.79 Å². The summed E-state index contributed by atoms with van der Waals surface area (Å²) in [5.41, 5.74) is 2.04. The summed E-state index contributed by atoms with van der Waals surface area (Å²) in [4.78, 5) is 18.8. The van der Waals surface area contributed by atoms with Crippen LogP contribution in [0.25, 0.3) is 16.5 Å². The summed E-state index contributed by atoms with van der Waals surface area (Å²) in [5.74, 6) is -0.0839. The van der Waals surface area contributed by atoms with Crippen molar-refractivity contribution in [3.8, 4) is 5.69 Å². The van der Waals surface area contributed by atoms with Gasteiger partial charge >= 0.3 is 0 Å². The summed E-state index contributed by atoms with van der Waals surface area (Å²) < 4.78 is 1.73. The molecule has 1 fully saturated rings. The molecule has 1 aromatic carbocycles. The molecule has 1 aliphatic heterocycles. The van der Waals surface area contributed by atoms with Gasteiger partial charge in [0.2, 0.25) is 0 Å². The first-order valence-corrected chi connectivity index (χ1v) is 8.40. The molecule has 1 aliphatic rings. The quantitative estimate of drug-likeness (QED) is 0.785. The molecule has 0 aliphatic carbocycles. The number of benzene rings is 1. The van der Waals surface area contributed by atoms with Gasteiger partial charge in [-0.15, -0.1) is 5.10 Å². The first kappa shape index (κ1) is 15.7. The molecule has 3 aromatic rings. The van der Waals surface area contributed by atoms with E-state index in [1.54, 1.807) is 15.8 Å². The predicted octanol–water partition coefficient (Wildman–Crippen LogP) is 1.56. The van der Waals surface area contributed by atoms with Crippen LogP contribution in [0.2, 0.25) is 0 Å². The average Bonchev–Trinajstić information content (AvgIpc) is 3.30. The second-order valence-corrected chi connectivity index (χ2v) is 6.37. The van der Waals surface area contributed by atoms with Gasteiger partial charge in [-0.05, 0) is 32.0 Å². The molecule has 3 heterocycles. The van der Waals surface area contributed by atoms with Crippen LogP contribution in [0.1, 0.15) is 22.6 Å². The van der Waals surface area contributed by atoms with Crippen LogP contribution in [-0.4, -0.2) is 57.0 Å². The Hall–Kier alpha value is -2.80. The third-order valence-corrected chi connectivity index (χ3v) is 4.89. The van der Waals surface area contributed by atoms with Gasteiger partial charge in [0.05, 0.1) is 11.4 Å². The van der Waals surface area contributed by atoms with Crippen molar-refractivity contribution >= 4 is 16.7 Å². The number of hydrogen-bond acceptors (Lipinski definition) is 5. The van der Waals surface area contributed by atoms with Gasteiger partial charge in [0.1, 0.15) is 0 Å². The Bertz CT molecular complexity index is 923. The van der Waals surface area contributed by atoms with E-state index in [1.165, 1.54) is 0 Å². The third-order valence-electron chi connectivity index (χ3n) is 4.89. The van der Waals surface area contributed by atoms with Crippen LogP contribution in [0, 0.1) is 6.92 Å².